The van der Waals surface area contributed by atoms with Crippen LogP contribution in [0.15, 0.2) is 36.4 Å². The third-order valence-corrected chi connectivity index (χ3v) is 3.39. The Morgan fingerprint density at radius 2 is 1.56 bits per heavy atom. The zero-order valence-electron chi connectivity index (χ0n) is 8.60. The summed E-state index contributed by atoms with van der Waals surface area (Å²) in [6.07, 6.45) is 0. The molecule has 0 saturated heterocycles. The first kappa shape index (κ1) is 11.5. The summed E-state index contributed by atoms with van der Waals surface area (Å²) >= 11 is 1.68. The molecule has 0 radical (unpaired) electrons. The molecule has 82 valence electrons. The van der Waals surface area contributed by atoms with Gasteiger partial charge in [-0.25, -0.2) is 8.78 Å². The Morgan fingerprint density at radius 1 is 0.938 bits per heavy atom. The first-order valence-electron chi connectivity index (χ1n) is 4.80. The molecule has 0 aliphatic rings. The Labute approximate surface area is 106 Å². The zero-order valence-corrected chi connectivity index (χ0v) is 10.8. The number of benzene rings is 2. The van der Waals surface area contributed by atoms with E-state index in [1.165, 1.54) is 12.1 Å². The molecular formula is C13H9F2I. The lowest BCUT2D eigenvalue weighted by Gasteiger charge is -2.06. The quantitative estimate of drug-likeness (QED) is 0.532. The number of hydrogen-bond donors (Lipinski definition) is 0. The lowest BCUT2D eigenvalue weighted by atomic mass is 10.0. The molecule has 0 heterocycles. The largest absolute Gasteiger partial charge is 0.206 e. The van der Waals surface area contributed by atoms with Gasteiger partial charge in [0.1, 0.15) is 11.6 Å². The fraction of sp³-hybridized carbons (Fsp3) is 0.0769. The first-order chi connectivity index (χ1) is 7.59. The molecule has 16 heavy (non-hydrogen) atoms. The number of aryl methyl sites for hydroxylation is 1. The van der Waals surface area contributed by atoms with Gasteiger partial charge in [0.25, 0.3) is 0 Å². The molecule has 0 fully saturated rings. The summed E-state index contributed by atoms with van der Waals surface area (Å²) < 4.78 is 26.9. The highest BCUT2D eigenvalue weighted by Gasteiger charge is 2.12. The van der Waals surface area contributed by atoms with Crippen LogP contribution < -0.4 is 0 Å². The minimum atomic E-state index is -0.519. The second kappa shape index (κ2) is 4.49. The predicted octanol–water partition coefficient (Wildman–Crippen LogP) is 4.54. The van der Waals surface area contributed by atoms with Gasteiger partial charge in [-0.1, -0.05) is 29.8 Å². The fourth-order valence-corrected chi connectivity index (χ4v) is 1.95. The van der Waals surface area contributed by atoms with Crippen molar-refractivity contribution in [3.8, 4) is 11.1 Å². The average molecular weight is 330 g/mol. The van der Waals surface area contributed by atoms with Crippen molar-refractivity contribution in [3.63, 3.8) is 0 Å². The van der Waals surface area contributed by atoms with Crippen molar-refractivity contribution in [1.82, 2.24) is 0 Å². The highest BCUT2D eigenvalue weighted by molar-refractivity contribution is 14.1. The molecule has 0 N–H and O–H groups in total. The van der Waals surface area contributed by atoms with Crippen LogP contribution in [0.2, 0.25) is 0 Å². The van der Waals surface area contributed by atoms with Crippen LogP contribution in [0, 0.1) is 22.1 Å². The highest BCUT2D eigenvalue weighted by Crippen LogP contribution is 2.27. The van der Waals surface area contributed by atoms with E-state index in [9.17, 15) is 8.78 Å². The van der Waals surface area contributed by atoms with E-state index in [1.807, 2.05) is 31.2 Å². The van der Waals surface area contributed by atoms with Crippen LogP contribution in [0.5, 0.6) is 0 Å². The Balaban J connectivity index is 2.57. The summed E-state index contributed by atoms with van der Waals surface area (Å²) in [7, 11) is 0. The molecule has 0 aromatic heterocycles. The van der Waals surface area contributed by atoms with Gasteiger partial charge in [0.05, 0.1) is 3.57 Å². The minimum absolute atomic E-state index is 0.0377. The molecule has 0 nitrogen and oxygen atoms in total. The Kier molecular flexibility index (Phi) is 3.23. The van der Waals surface area contributed by atoms with Crippen molar-refractivity contribution in [1.29, 1.82) is 0 Å². The smallest absolute Gasteiger partial charge is 0.147 e. The Morgan fingerprint density at radius 3 is 2.19 bits per heavy atom. The number of halogens is 3. The van der Waals surface area contributed by atoms with Crippen molar-refractivity contribution in [3.05, 3.63) is 57.2 Å². The van der Waals surface area contributed by atoms with Gasteiger partial charge >= 0.3 is 0 Å². The van der Waals surface area contributed by atoms with Gasteiger partial charge in [0.15, 0.2) is 0 Å². The van der Waals surface area contributed by atoms with E-state index in [4.69, 9.17) is 0 Å². The van der Waals surface area contributed by atoms with Gasteiger partial charge in [-0.15, -0.1) is 0 Å². The third-order valence-electron chi connectivity index (χ3n) is 2.40. The molecule has 0 aliphatic heterocycles. The molecule has 0 saturated carbocycles. The van der Waals surface area contributed by atoms with Gasteiger partial charge in [-0.2, -0.15) is 0 Å². The van der Waals surface area contributed by atoms with Crippen LogP contribution in [0.3, 0.4) is 0 Å². The lowest BCUT2D eigenvalue weighted by molar-refractivity contribution is 0.573. The molecule has 0 unspecified atom stereocenters. The van der Waals surface area contributed by atoms with Crippen LogP contribution in [0.1, 0.15) is 5.56 Å². The van der Waals surface area contributed by atoms with E-state index in [0.717, 1.165) is 11.1 Å². The topological polar surface area (TPSA) is 0 Å². The van der Waals surface area contributed by atoms with E-state index in [1.54, 1.807) is 22.6 Å². The zero-order chi connectivity index (χ0) is 11.7. The monoisotopic (exact) mass is 330 g/mol. The minimum Gasteiger partial charge on any atom is -0.206 e. The van der Waals surface area contributed by atoms with Crippen molar-refractivity contribution in [2.75, 3.05) is 0 Å². The predicted molar refractivity (Wildman–Crippen MR) is 69.2 cm³/mol. The molecule has 0 aliphatic carbocycles. The highest BCUT2D eigenvalue weighted by atomic mass is 127. The SMILES string of the molecule is Cc1ccc(-c2ccc(F)c(I)c2F)cc1. The van der Waals surface area contributed by atoms with E-state index in [-0.39, 0.29) is 3.57 Å². The van der Waals surface area contributed by atoms with Crippen molar-refractivity contribution in [2.24, 2.45) is 0 Å². The molecule has 0 spiro atoms. The standard InChI is InChI=1S/C13H9F2I/c1-8-2-4-9(5-3-8)10-6-7-11(14)13(16)12(10)15/h2-7H,1H3. The van der Waals surface area contributed by atoms with E-state index < -0.39 is 11.6 Å². The maximum atomic E-state index is 13.8. The van der Waals surface area contributed by atoms with Crippen molar-refractivity contribution < 1.29 is 8.78 Å². The number of hydrogen-bond acceptors (Lipinski definition) is 0. The molecule has 0 amide bonds. The molecule has 3 heteroatoms. The molecule has 2 rings (SSSR count). The van der Waals surface area contributed by atoms with Gasteiger partial charge < -0.3 is 0 Å². The summed E-state index contributed by atoms with van der Waals surface area (Å²) in [5, 5.41) is 0. The van der Waals surface area contributed by atoms with Crippen LogP contribution in [0.4, 0.5) is 8.78 Å². The van der Waals surface area contributed by atoms with Crippen molar-refractivity contribution in [2.45, 2.75) is 6.92 Å². The number of rotatable bonds is 1. The fourth-order valence-electron chi connectivity index (χ4n) is 1.48. The van der Waals surface area contributed by atoms with E-state index in [2.05, 4.69) is 0 Å². The molecular weight excluding hydrogens is 321 g/mol. The Hall–Kier alpha value is -0.970. The van der Waals surface area contributed by atoms with E-state index in [0.29, 0.717) is 5.56 Å². The van der Waals surface area contributed by atoms with Crippen LogP contribution in [-0.2, 0) is 0 Å². The van der Waals surface area contributed by atoms with E-state index >= 15 is 0 Å². The van der Waals surface area contributed by atoms with Gasteiger partial charge in [-0.3, -0.25) is 0 Å². The normalized spacial score (nSPS) is 10.5. The lowest BCUT2D eigenvalue weighted by Crippen LogP contribution is -1.92. The van der Waals surface area contributed by atoms with Crippen LogP contribution in [0.25, 0.3) is 11.1 Å². The van der Waals surface area contributed by atoms with Gasteiger partial charge in [-0.05, 0) is 47.2 Å². The van der Waals surface area contributed by atoms with Gasteiger partial charge in [0, 0.05) is 5.56 Å². The summed E-state index contributed by atoms with van der Waals surface area (Å²) in [6.45, 7) is 1.97. The molecule has 0 atom stereocenters. The second-order valence-electron chi connectivity index (χ2n) is 3.59. The second-order valence-corrected chi connectivity index (χ2v) is 4.67. The van der Waals surface area contributed by atoms with Crippen LogP contribution in [-0.4, -0.2) is 0 Å². The first-order valence-corrected chi connectivity index (χ1v) is 5.88. The third kappa shape index (κ3) is 2.09. The summed E-state index contributed by atoms with van der Waals surface area (Å²) in [5.41, 5.74) is 2.31. The Bertz CT molecular complexity index is 518. The maximum Gasteiger partial charge on any atom is 0.147 e. The summed E-state index contributed by atoms with van der Waals surface area (Å²) in [5.74, 6) is -1.02. The summed E-state index contributed by atoms with van der Waals surface area (Å²) in [4.78, 5) is 0. The molecule has 0 bridgehead atoms. The van der Waals surface area contributed by atoms with Gasteiger partial charge in [0.2, 0.25) is 0 Å². The summed E-state index contributed by atoms with van der Waals surface area (Å²) in [6, 6.07) is 10.2. The van der Waals surface area contributed by atoms with Crippen LogP contribution >= 0.6 is 22.6 Å². The molecule has 2 aromatic rings. The molecule has 2 aromatic carbocycles. The maximum absolute atomic E-state index is 13.8. The average Bonchev–Trinajstić information content (AvgIpc) is 2.28. The van der Waals surface area contributed by atoms with Crippen molar-refractivity contribution >= 4 is 22.6 Å².